The van der Waals surface area contributed by atoms with Gasteiger partial charge in [0.25, 0.3) is 5.91 Å². The number of hydrogen-bond acceptors (Lipinski definition) is 3. The summed E-state index contributed by atoms with van der Waals surface area (Å²) in [4.78, 5) is 22.2. The molecular formula is C25H21N3O. The number of hydrogen-bond donors (Lipinski definition) is 1. The van der Waals surface area contributed by atoms with Crippen molar-refractivity contribution in [1.82, 2.24) is 15.3 Å². The highest BCUT2D eigenvalue weighted by atomic mass is 16.1. The molecule has 29 heavy (non-hydrogen) atoms. The molecular weight excluding hydrogens is 358 g/mol. The fraction of sp³-hybridized carbons (Fsp3) is 0.0800. The van der Waals surface area contributed by atoms with E-state index in [1.165, 1.54) is 0 Å². The first-order valence-electron chi connectivity index (χ1n) is 9.52. The zero-order chi connectivity index (χ0) is 20.1. The van der Waals surface area contributed by atoms with Gasteiger partial charge in [0.05, 0.1) is 28.7 Å². The van der Waals surface area contributed by atoms with Crippen LogP contribution >= 0.6 is 0 Å². The smallest absolute Gasteiger partial charge is 0.253 e. The van der Waals surface area contributed by atoms with Crippen LogP contribution in [0.15, 0.2) is 97.2 Å². The van der Waals surface area contributed by atoms with Crippen LogP contribution in [0.25, 0.3) is 11.3 Å². The molecule has 1 amide bonds. The normalized spacial score (nSPS) is 11.6. The maximum absolute atomic E-state index is 13.1. The van der Waals surface area contributed by atoms with E-state index in [4.69, 9.17) is 0 Å². The Kier molecular flexibility index (Phi) is 5.43. The zero-order valence-electron chi connectivity index (χ0n) is 16.1. The second kappa shape index (κ2) is 8.48. The van der Waals surface area contributed by atoms with Crippen LogP contribution in [0, 0.1) is 6.92 Å². The van der Waals surface area contributed by atoms with E-state index in [1.54, 1.807) is 6.20 Å². The Hall–Kier alpha value is -3.79. The van der Waals surface area contributed by atoms with Crippen LogP contribution in [0.1, 0.15) is 33.4 Å². The Morgan fingerprint density at radius 2 is 1.52 bits per heavy atom. The van der Waals surface area contributed by atoms with E-state index in [0.29, 0.717) is 11.3 Å². The summed E-state index contributed by atoms with van der Waals surface area (Å²) in [5.41, 5.74) is 4.89. The van der Waals surface area contributed by atoms with Crippen molar-refractivity contribution in [2.45, 2.75) is 13.0 Å². The molecule has 0 bridgehead atoms. The summed E-state index contributed by atoms with van der Waals surface area (Å²) in [5, 5.41) is 3.12. The van der Waals surface area contributed by atoms with Gasteiger partial charge in [-0.3, -0.25) is 14.8 Å². The summed E-state index contributed by atoms with van der Waals surface area (Å²) in [5.74, 6) is -0.172. The third-order valence-corrected chi connectivity index (χ3v) is 4.79. The first-order valence-corrected chi connectivity index (χ1v) is 9.52. The molecule has 0 aliphatic rings. The van der Waals surface area contributed by atoms with Crippen molar-refractivity contribution in [3.05, 3.63) is 120 Å². The third kappa shape index (κ3) is 4.22. The van der Waals surface area contributed by atoms with Crippen LogP contribution in [-0.2, 0) is 0 Å². The molecule has 142 valence electrons. The van der Waals surface area contributed by atoms with Crippen molar-refractivity contribution in [3.63, 3.8) is 0 Å². The molecule has 4 nitrogen and oxygen atoms in total. The van der Waals surface area contributed by atoms with E-state index in [1.807, 2.05) is 97.9 Å². The molecule has 1 unspecified atom stereocenters. The van der Waals surface area contributed by atoms with Gasteiger partial charge in [0, 0.05) is 11.8 Å². The minimum absolute atomic E-state index is 0.172. The van der Waals surface area contributed by atoms with Gasteiger partial charge in [-0.05, 0) is 36.8 Å². The minimum atomic E-state index is -0.335. The molecule has 1 N–H and O–H groups in total. The summed E-state index contributed by atoms with van der Waals surface area (Å²) in [6.45, 7) is 1.86. The number of aromatic nitrogens is 2. The topological polar surface area (TPSA) is 54.9 Å². The van der Waals surface area contributed by atoms with E-state index in [9.17, 15) is 4.79 Å². The van der Waals surface area contributed by atoms with Crippen molar-refractivity contribution in [2.75, 3.05) is 0 Å². The monoisotopic (exact) mass is 379 g/mol. The fourth-order valence-electron chi connectivity index (χ4n) is 3.30. The van der Waals surface area contributed by atoms with Crippen LogP contribution < -0.4 is 5.32 Å². The van der Waals surface area contributed by atoms with Crippen molar-refractivity contribution >= 4 is 5.91 Å². The number of carbonyl (C=O) groups excluding carboxylic acids is 1. The van der Waals surface area contributed by atoms with Crippen molar-refractivity contribution in [2.24, 2.45) is 0 Å². The number of nitrogens with one attached hydrogen (secondary N) is 1. The molecule has 2 aromatic heterocycles. The van der Waals surface area contributed by atoms with Gasteiger partial charge in [0.1, 0.15) is 0 Å². The van der Waals surface area contributed by atoms with Gasteiger partial charge < -0.3 is 5.32 Å². The van der Waals surface area contributed by atoms with Crippen molar-refractivity contribution in [3.8, 4) is 11.3 Å². The highest BCUT2D eigenvalue weighted by Gasteiger charge is 2.20. The molecule has 0 spiro atoms. The molecule has 1 atom stereocenters. The SMILES string of the molecule is Cc1nc(-c2ccccc2)ccc1C(=O)NC(c1ccccc1)c1ccccn1. The summed E-state index contributed by atoms with van der Waals surface area (Å²) < 4.78 is 0. The lowest BCUT2D eigenvalue weighted by molar-refractivity contribution is 0.0941. The average molecular weight is 379 g/mol. The van der Waals surface area contributed by atoms with E-state index in [2.05, 4.69) is 15.3 Å². The third-order valence-electron chi connectivity index (χ3n) is 4.79. The second-order valence-electron chi connectivity index (χ2n) is 6.77. The van der Waals surface area contributed by atoms with Crippen molar-refractivity contribution < 1.29 is 4.79 Å². The Labute approximate surface area is 170 Å². The van der Waals surface area contributed by atoms with Gasteiger partial charge in [-0.25, -0.2) is 0 Å². The van der Waals surface area contributed by atoms with Gasteiger partial charge in [0.2, 0.25) is 0 Å². The number of carbonyl (C=O) groups is 1. The molecule has 0 saturated heterocycles. The van der Waals surface area contributed by atoms with Crippen LogP contribution in [-0.4, -0.2) is 15.9 Å². The van der Waals surface area contributed by atoms with Crippen LogP contribution in [0.4, 0.5) is 0 Å². The maximum atomic E-state index is 13.1. The van der Waals surface area contributed by atoms with Gasteiger partial charge in [0.15, 0.2) is 0 Å². The maximum Gasteiger partial charge on any atom is 0.253 e. The summed E-state index contributed by atoms with van der Waals surface area (Å²) in [6, 6.07) is 28.9. The molecule has 4 aromatic rings. The van der Waals surface area contributed by atoms with E-state index < -0.39 is 0 Å². The Morgan fingerprint density at radius 1 is 0.828 bits per heavy atom. The largest absolute Gasteiger partial charge is 0.339 e. The predicted octanol–water partition coefficient (Wildman–Crippen LogP) is 4.97. The predicted molar refractivity (Wildman–Crippen MR) is 114 cm³/mol. The molecule has 0 saturated carbocycles. The Morgan fingerprint density at radius 3 is 2.17 bits per heavy atom. The van der Waals surface area contributed by atoms with Gasteiger partial charge in [-0.2, -0.15) is 0 Å². The van der Waals surface area contributed by atoms with Gasteiger partial charge >= 0.3 is 0 Å². The number of benzene rings is 2. The lowest BCUT2D eigenvalue weighted by atomic mass is 10.0. The van der Waals surface area contributed by atoms with Gasteiger partial charge in [-0.1, -0.05) is 66.7 Å². The number of rotatable bonds is 5. The van der Waals surface area contributed by atoms with Crippen LogP contribution in [0.3, 0.4) is 0 Å². The average Bonchev–Trinajstić information content (AvgIpc) is 2.79. The highest BCUT2D eigenvalue weighted by Crippen LogP contribution is 2.22. The molecule has 0 aliphatic carbocycles. The number of pyridine rings is 2. The minimum Gasteiger partial charge on any atom is -0.339 e. The molecule has 4 rings (SSSR count). The highest BCUT2D eigenvalue weighted by molar-refractivity contribution is 5.96. The van der Waals surface area contributed by atoms with Crippen LogP contribution in [0.5, 0.6) is 0 Å². The van der Waals surface area contributed by atoms with Crippen molar-refractivity contribution in [1.29, 1.82) is 0 Å². The van der Waals surface area contributed by atoms with E-state index in [-0.39, 0.29) is 11.9 Å². The molecule has 0 fully saturated rings. The lowest BCUT2D eigenvalue weighted by Gasteiger charge is -2.19. The number of aryl methyl sites for hydroxylation is 1. The summed E-state index contributed by atoms with van der Waals surface area (Å²) in [6.07, 6.45) is 1.74. The second-order valence-corrected chi connectivity index (χ2v) is 6.77. The zero-order valence-corrected chi connectivity index (χ0v) is 16.1. The fourth-order valence-corrected chi connectivity index (χ4v) is 3.30. The molecule has 2 heterocycles. The number of amides is 1. The molecule has 0 aliphatic heterocycles. The summed E-state index contributed by atoms with van der Waals surface area (Å²) in [7, 11) is 0. The summed E-state index contributed by atoms with van der Waals surface area (Å²) >= 11 is 0. The van der Waals surface area contributed by atoms with E-state index in [0.717, 1.165) is 22.5 Å². The lowest BCUT2D eigenvalue weighted by Crippen LogP contribution is -2.30. The first kappa shape index (κ1) is 18.6. The Balaban J connectivity index is 1.63. The van der Waals surface area contributed by atoms with Crippen LogP contribution in [0.2, 0.25) is 0 Å². The number of nitrogens with zero attached hydrogens (tertiary/aromatic N) is 2. The molecule has 4 heteroatoms. The van der Waals surface area contributed by atoms with E-state index >= 15 is 0 Å². The molecule has 2 aromatic carbocycles. The molecule has 0 radical (unpaired) electrons. The Bertz CT molecular complexity index is 1060. The first-order chi connectivity index (χ1) is 14.2. The van der Waals surface area contributed by atoms with Gasteiger partial charge in [-0.15, -0.1) is 0 Å². The standard InChI is InChI=1S/C25H21N3O/c1-18-21(15-16-22(27-18)19-10-4-2-5-11-19)25(29)28-24(20-12-6-3-7-13-20)23-14-8-9-17-26-23/h2-17,24H,1H3,(H,28,29). The quantitative estimate of drug-likeness (QED) is 0.532.